The van der Waals surface area contributed by atoms with Gasteiger partial charge in [0.1, 0.15) is 17.9 Å². The molecular weight excluding hydrogens is 272 g/mol. The van der Waals surface area contributed by atoms with Gasteiger partial charge in [0.15, 0.2) is 0 Å². The van der Waals surface area contributed by atoms with Crippen molar-refractivity contribution in [3.05, 3.63) is 24.3 Å². The lowest BCUT2D eigenvalue weighted by Crippen LogP contribution is -2.37. The lowest BCUT2D eigenvalue weighted by atomic mass is 10.2. The van der Waals surface area contributed by atoms with E-state index in [1.165, 1.54) is 0 Å². The molecule has 0 atom stereocenters. The molecule has 2 N–H and O–H groups in total. The Kier molecular flexibility index (Phi) is 6.02. The number of ether oxygens (including phenoxy) is 2. The minimum atomic E-state index is -0.621. The predicted octanol–water partition coefficient (Wildman–Crippen LogP) is 2.55. The van der Waals surface area contributed by atoms with Gasteiger partial charge in [-0.3, -0.25) is 4.79 Å². The molecule has 1 aromatic rings. The number of hydrogen-bond acceptors (Lipinski definition) is 4. The molecule has 21 heavy (non-hydrogen) atoms. The summed E-state index contributed by atoms with van der Waals surface area (Å²) in [5.74, 6) is 0.410. The molecule has 2 amide bonds. The van der Waals surface area contributed by atoms with Crippen molar-refractivity contribution < 1.29 is 19.1 Å². The maximum atomic E-state index is 11.7. The molecule has 0 aliphatic heterocycles. The van der Waals surface area contributed by atoms with Crippen molar-refractivity contribution in [1.29, 1.82) is 0 Å². The fraction of sp³-hybridized carbons (Fsp3) is 0.467. The third-order valence-electron chi connectivity index (χ3n) is 2.24. The van der Waals surface area contributed by atoms with E-state index in [1.807, 2.05) is 6.92 Å². The van der Waals surface area contributed by atoms with Gasteiger partial charge >= 0.3 is 6.09 Å². The van der Waals surface area contributed by atoms with Crippen LogP contribution in [0, 0.1) is 0 Å². The molecule has 1 rings (SSSR count). The molecule has 0 aliphatic rings. The Bertz CT molecular complexity index is 477. The summed E-state index contributed by atoms with van der Waals surface area (Å²) in [7, 11) is 0. The van der Waals surface area contributed by atoms with Gasteiger partial charge in [0, 0.05) is 5.69 Å². The third kappa shape index (κ3) is 7.20. The van der Waals surface area contributed by atoms with Crippen LogP contribution in [-0.2, 0) is 9.53 Å². The fourth-order valence-electron chi connectivity index (χ4n) is 1.47. The van der Waals surface area contributed by atoms with E-state index in [1.54, 1.807) is 45.0 Å². The highest BCUT2D eigenvalue weighted by atomic mass is 16.6. The van der Waals surface area contributed by atoms with Crippen LogP contribution in [0.2, 0.25) is 0 Å². The van der Waals surface area contributed by atoms with Gasteiger partial charge in [0.25, 0.3) is 0 Å². The number of carbonyl (C=O) groups is 2. The number of amides is 2. The van der Waals surface area contributed by atoms with Crippen molar-refractivity contribution in [2.24, 2.45) is 0 Å². The van der Waals surface area contributed by atoms with Crippen molar-refractivity contribution in [1.82, 2.24) is 5.32 Å². The van der Waals surface area contributed by atoms with Crippen LogP contribution in [-0.4, -0.2) is 30.8 Å². The highest BCUT2D eigenvalue weighted by Gasteiger charge is 2.16. The Morgan fingerprint density at radius 3 is 2.29 bits per heavy atom. The quantitative estimate of drug-likeness (QED) is 0.875. The van der Waals surface area contributed by atoms with Crippen LogP contribution in [0.15, 0.2) is 24.3 Å². The van der Waals surface area contributed by atoms with Crippen molar-refractivity contribution in [3.63, 3.8) is 0 Å². The van der Waals surface area contributed by atoms with Crippen LogP contribution >= 0.6 is 0 Å². The number of benzene rings is 1. The molecule has 6 nitrogen and oxygen atoms in total. The summed E-state index contributed by atoms with van der Waals surface area (Å²) in [4.78, 5) is 23.1. The maximum Gasteiger partial charge on any atom is 0.408 e. The van der Waals surface area contributed by atoms with Crippen LogP contribution in [0.5, 0.6) is 5.75 Å². The van der Waals surface area contributed by atoms with Gasteiger partial charge in [-0.1, -0.05) is 0 Å². The van der Waals surface area contributed by atoms with Gasteiger partial charge < -0.3 is 20.1 Å². The molecule has 0 radical (unpaired) electrons. The van der Waals surface area contributed by atoms with Crippen LogP contribution in [0.3, 0.4) is 0 Å². The minimum absolute atomic E-state index is 0.151. The first-order chi connectivity index (χ1) is 9.80. The molecule has 0 bridgehead atoms. The van der Waals surface area contributed by atoms with E-state index in [-0.39, 0.29) is 12.5 Å². The zero-order valence-corrected chi connectivity index (χ0v) is 12.9. The summed E-state index contributed by atoms with van der Waals surface area (Å²) in [5, 5.41) is 5.06. The predicted molar refractivity (Wildman–Crippen MR) is 80.5 cm³/mol. The molecule has 0 saturated carbocycles. The molecule has 116 valence electrons. The molecule has 0 saturated heterocycles. The van der Waals surface area contributed by atoms with E-state index >= 15 is 0 Å². The van der Waals surface area contributed by atoms with Gasteiger partial charge in [-0.05, 0) is 52.0 Å². The number of alkyl carbamates (subject to hydrolysis) is 1. The number of hydrogen-bond donors (Lipinski definition) is 2. The average molecular weight is 294 g/mol. The molecule has 0 unspecified atom stereocenters. The lowest BCUT2D eigenvalue weighted by Gasteiger charge is -2.19. The van der Waals surface area contributed by atoms with E-state index in [0.717, 1.165) is 5.75 Å². The van der Waals surface area contributed by atoms with Crippen molar-refractivity contribution in [2.75, 3.05) is 18.5 Å². The summed E-state index contributed by atoms with van der Waals surface area (Å²) in [5.41, 5.74) is 0.0461. The van der Waals surface area contributed by atoms with Gasteiger partial charge in [-0.25, -0.2) is 4.79 Å². The van der Waals surface area contributed by atoms with E-state index in [2.05, 4.69) is 10.6 Å². The van der Waals surface area contributed by atoms with Gasteiger partial charge in [-0.15, -0.1) is 0 Å². The molecule has 0 aliphatic carbocycles. The second kappa shape index (κ2) is 7.52. The first-order valence-electron chi connectivity index (χ1n) is 6.79. The van der Waals surface area contributed by atoms with Crippen LogP contribution in [0.25, 0.3) is 0 Å². The lowest BCUT2D eigenvalue weighted by molar-refractivity contribution is -0.115. The van der Waals surface area contributed by atoms with Gasteiger partial charge in [-0.2, -0.15) is 0 Å². The summed E-state index contributed by atoms with van der Waals surface area (Å²) in [6.45, 7) is 7.61. The largest absolute Gasteiger partial charge is 0.494 e. The summed E-state index contributed by atoms with van der Waals surface area (Å²) < 4.78 is 10.3. The second-order valence-electron chi connectivity index (χ2n) is 5.36. The molecule has 1 aromatic carbocycles. The molecule has 0 spiro atoms. The molecular formula is C15H22N2O4. The Labute approximate surface area is 124 Å². The molecule has 0 fully saturated rings. The summed E-state index contributed by atoms with van der Waals surface area (Å²) in [6.07, 6.45) is -0.621. The van der Waals surface area contributed by atoms with Crippen LogP contribution in [0.4, 0.5) is 10.5 Å². The molecule has 0 aromatic heterocycles. The SMILES string of the molecule is CCOc1ccc(NC(=O)CNC(=O)OC(C)(C)C)cc1. The van der Waals surface area contributed by atoms with Gasteiger partial charge in [0.2, 0.25) is 5.91 Å². The normalized spacial score (nSPS) is 10.7. The Morgan fingerprint density at radius 1 is 1.14 bits per heavy atom. The summed E-state index contributed by atoms with van der Waals surface area (Å²) >= 11 is 0. The highest BCUT2D eigenvalue weighted by molar-refractivity contribution is 5.93. The van der Waals surface area contributed by atoms with Crippen molar-refractivity contribution >= 4 is 17.7 Å². The number of nitrogens with one attached hydrogen (secondary N) is 2. The smallest absolute Gasteiger partial charge is 0.408 e. The first kappa shape index (κ1) is 16.8. The second-order valence-corrected chi connectivity index (χ2v) is 5.36. The third-order valence-corrected chi connectivity index (χ3v) is 2.24. The monoisotopic (exact) mass is 294 g/mol. The Morgan fingerprint density at radius 2 is 1.76 bits per heavy atom. The zero-order valence-electron chi connectivity index (χ0n) is 12.9. The number of rotatable bonds is 5. The number of carbonyl (C=O) groups excluding carboxylic acids is 2. The molecule has 6 heteroatoms. The molecule has 0 heterocycles. The Hall–Kier alpha value is -2.24. The maximum absolute atomic E-state index is 11.7. The Balaban J connectivity index is 2.38. The van der Waals surface area contributed by atoms with E-state index < -0.39 is 11.7 Å². The number of anilines is 1. The fourth-order valence-corrected chi connectivity index (χ4v) is 1.47. The topological polar surface area (TPSA) is 76.7 Å². The van der Waals surface area contributed by atoms with E-state index in [4.69, 9.17) is 9.47 Å². The van der Waals surface area contributed by atoms with Crippen molar-refractivity contribution in [2.45, 2.75) is 33.3 Å². The van der Waals surface area contributed by atoms with E-state index in [0.29, 0.717) is 12.3 Å². The van der Waals surface area contributed by atoms with Crippen molar-refractivity contribution in [3.8, 4) is 5.75 Å². The van der Waals surface area contributed by atoms with E-state index in [9.17, 15) is 9.59 Å². The zero-order chi connectivity index (χ0) is 15.9. The van der Waals surface area contributed by atoms with Crippen LogP contribution in [0.1, 0.15) is 27.7 Å². The van der Waals surface area contributed by atoms with Gasteiger partial charge in [0.05, 0.1) is 6.61 Å². The average Bonchev–Trinajstić information content (AvgIpc) is 2.37. The summed E-state index contributed by atoms with van der Waals surface area (Å²) in [6, 6.07) is 6.99. The minimum Gasteiger partial charge on any atom is -0.494 e. The standard InChI is InChI=1S/C15H22N2O4/c1-5-20-12-8-6-11(7-9-12)17-13(18)10-16-14(19)21-15(2,3)4/h6-9H,5,10H2,1-4H3,(H,16,19)(H,17,18). The van der Waals surface area contributed by atoms with Crippen LogP contribution < -0.4 is 15.4 Å². The highest BCUT2D eigenvalue weighted by Crippen LogP contribution is 2.15. The first-order valence-corrected chi connectivity index (χ1v) is 6.79.